The van der Waals surface area contributed by atoms with Crippen LogP contribution in [-0.2, 0) is 0 Å². The number of pyridine rings is 1. The zero-order chi connectivity index (χ0) is 31.0. The summed E-state index contributed by atoms with van der Waals surface area (Å²) in [6.45, 7) is 4.00. The van der Waals surface area contributed by atoms with Crippen molar-refractivity contribution in [1.29, 1.82) is 0 Å². The zero-order valence-corrected chi connectivity index (χ0v) is 23.1. The van der Waals surface area contributed by atoms with Crippen molar-refractivity contribution < 1.29 is 41.4 Å². The second-order valence-electron chi connectivity index (χ2n) is 8.05. The van der Waals surface area contributed by atoms with Gasteiger partial charge in [-0.1, -0.05) is 37.6 Å². The normalized spacial score (nSPS) is 10.7. The van der Waals surface area contributed by atoms with Crippen molar-refractivity contribution in [3.63, 3.8) is 0 Å². The lowest BCUT2D eigenvalue weighted by Gasteiger charge is -2.17. The van der Waals surface area contributed by atoms with Crippen LogP contribution in [-0.4, -0.2) is 30.3 Å². The maximum Gasteiger partial charge on any atom is 0.573 e. The predicted octanol–water partition coefficient (Wildman–Crippen LogP) is 7.62. The van der Waals surface area contributed by atoms with E-state index in [2.05, 4.69) is 15.0 Å². The highest BCUT2D eigenvalue weighted by Gasteiger charge is 2.31. The van der Waals surface area contributed by atoms with Gasteiger partial charge in [0.15, 0.2) is 11.5 Å². The molecule has 0 unspecified atom stereocenters. The third kappa shape index (κ3) is 8.10. The summed E-state index contributed by atoms with van der Waals surface area (Å²) in [5.74, 6) is -4.01. The molecule has 8 nitrogen and oxygen atoms in total. The van der Waals surface area contributed by atoms with E-state index in [1.165, 1.54) is 31.5 Å². The first kappa shape index (κ1) is 31.7. The molecule has 0 saturated heterocycles. The molecule has 13 heteroatoms. The van der Waals surface area contributed by atoms with Crippen LogP contribution in [0.5, 0.6) is 23.0 Å². The number of ether oxygens (including phenoxy) is 3. The monoisotopic (exact) mass is 605 g/mol. The smallest absolute Gasteiger partial charge is 0.493 e. The highest BCUT2D eigenvalue weighted by atomic mass is 35.5. The number of methoxy groups -OCH3 is 1. The molecule has 1 heterocycles. The van der Waals surface area contributed by atoms with Gasteiger partial charge in [-0.3, -0.25) is 14.6 Å². The molecule has 0 radical (unpaired) electrons. The van der Waals surface area contributed by atoms with Crippen molar-refractivity contribution in [2.45, 2.75) is 20.2 Å². The van der Waals surface area contributed by atoms with E-state index in [0.717, 1.165) is 24.3 Å². The molecule has 0 saturated carbocycles. The fourth-order valence-electron chi connectivity index (χ4n) is 3.58. The summed E-state index contributed by atoms with van der Waals surface area (Å²) in [6, 6.07) is 14.4. The Balaban J connectivity index is 0.00000237. The largest absolute Gasteiger partial charge is 0.573 e. The van der Waals surface area contributed by atoms with E-state index >= 15 is 4.39 Å². The number of halogens is 5. The van der Waals surface area contributed by atoms with Gasteiger partial charge in [-0.2, -0.15) is 0 Å². The fourth-order valence-corrected chi connectivity index (χ4v) is 3.70. The molecule has 4 rings (SSSR count). The number of amides is 2. The Morgan fingerprint density at radius 1 is 0.905 bits per heavy atom. The number of primary amides is 1. The molecule has 1 aromatic heterocycles. The number of nitrogens with two attached hydrogens (primary N) is 1. The Labute approximate surface area is 243 Å². The quantitative estimate of drug-likeness (QED) is 0.200. The van der Waals surface area contributed by atoms with Crippen molar-refractivity contribution in [3.8, 4) is 34.1 Å². The minimum atomic E-state index is -4.95. The number of nitrogens with one attached hydrogen (secondary N) is 1. The van der Waals surface area contributed by atoms with Gasteiger partial charge in [0.25, 0.3) is 11.8 Å². The van der Waals surface area contributed by atoms with Gasteiger partial charge in [0.2, 0.25) is 0 Å². The van der Waals surface area contributed by atoms with Gasteiger partial charge in [0.1, 0.15) is 28.6 Å². The Hall–Kier alpha value is -4.84. The molecule has 0 bridgehead atoms. The van der Waals surface area contributed by atoms with Crippen LogP contribution in [0.4, 0.5) is 23.2 Å². The van der Waals surface area contributed by atoms with Crippen molar-refractivity contribution in [2.75, 3.05) is 12.4 Å². The van der Waals surface area contributed by atoms with E-state index in [1.54, 1.807) is 24.3 Å². The Morgan fingerprint density at radius 2 is 1.60 bits per heavy atom. The van der Waals surface area contributed by atoms with Crippen molar-refractivity contribution >= 4 is 29.1 Å². The van der Waals surface area contributed by atoms with Crippen molar-refractivity contribution in [2.24, 2.45) is 5.73 Å². The minimum absolute atomic E-state index is 0.0900. The number of nitrogens with zero attached hydrogens (tertiary/aromatic N) is 1. The number of anilines is 1. The first-order valence-electron chi connectivity index (χ1n) is 12.2. The molecular weight excluding hydrogens is 582 g/mol. The molecule has 2 amide bonds. The summed E-state index contributed by atoms with van der Waals surface area (Å²) in [5, 5.41) is 2.89. The maximum atomic E-state index is 15.5. The average molecular weight is 606 g/mol. The van der Waals surface area contributed by atoms with E-state index in [4.69, 9.17) is 26.8 Å². The molecule has 0 atom stereocenters. The third-order valence-electron chi connectivity index (χ3n) is 5.32. The third-order valence-corrected chi connectivity index (χ3v) is 5.57. The van der Waals surface area contributed by atoms with E-state index in [-0.39, 0.29) is 28.6 Å². The fraction of sp³-hybridized carbons (Fsp3) is 0.138. The second-order valence-corrected chi connectivity index (χ2v) is 8.49. The van der Waals surface area contributed by atoms with Crippen LogP contribution in [0, 0.1) is 5.82 Å². The van der Waals surface area contributed by atoms with Gasteiger partial charge in [0, 0.05) is 23.0 Å². The van der Waals surface area contributed by atoms with Crippen molar-refractivity contribution in [3.05, 3.63) is 95.0 Å². The number of carbonyl (C=O) groups is 2. The Morgan fingerprint density at radius 3 is 2.21 bits per heavy atom. The predicted molar refractivity (Wildman–Crippen MR) is 149 cm³/mol. The topological polar surface area (TPSA) is 113 Å². The first-order chi connectivity index (χ1) is 19.9. The Kier molecular flexibility index (Phi) is 10.3. The summed E-state index contributed by atoms with van der Waals surface area (Å²) in [6.07, 6.45) is -3.72. The highest BCUT2D eigenvalue weighted by molar-refractivity contribution is 6.30. The standard InChI is InChI=1S/C27H18ClF4N3O5.C2H6/c1-38-22-13-18(40-27(30,31)32)6-7-21(22)39-23-11-15(14-2-4-16(28)5-3-14)10-19(29)24(23)26(37)35-17-8-9-34-20(12-17)25(33)36;1-2/h2-13H,1H3,(H2,33,36)(H,34,35,37);1-2H3. The van der Waals surface area contributed by atoms with Gasteiger partial charge in [-0.25, -0.2) is 4.39 Å². The summed E-state index contributed by atoms with van der Waals surface area (Å²) in [5.41, 5.74) is 5.46. The van der Waals surface area contributed by atoms with E-state index in [1.807, 2.05) is 13.8 Å². The molecule has 0 spiro atoms. The lowest BCUT2D eigenvalue weighted by Crippen LogP contribution is -2.17. The van der Waals surface area contributed by atoms with Gasteiger partial charge >= 0.3 is 6.36 Å². The maximum absolute atomic E-state index is 15.5. The molecule has 42 heavy (non-hydrogen) atoms. The summed E-state index contributed by atoms with van der Waals surface area (Å²) in [7, 11) is 1.18. The molecule has 0 aliphatic heterocycles. The van der Waals surface area contributed by atoms with Gasteiger partial charge in [0.05, 0.1) is 7.11 Å². The van der Waals surface area contributed by atoms with Crippen LogP contribution >= 0.6 is 11.6 Å². The number of carbonyl (C=O) groups excluding carboxylic acids is 2. The van der Waals surface area contributed by atoms with Gasteiger partial charge in [-0.05, 0) is 59.7 Å². The molecule has 0 fully saturated rings. The van der Waals surface area contributed by atoms with Crippen LogP contribution in [0.1, 0.15) is 34.7 Å². The lowest BCUT2D eigenvalue weighted by molar-refractivity contribution is -0.274. The minimum Gasteiger partial charge on any atom is -0.493 e. The molecule has 3 N–H and O–H groups in total. The summed E-state index contributed by atoms with van der Waals surface area (Å²) >= 11 is 5.95. The zero-order valence-electron chi connectivity index (χ0n) is 22.4. The van der Waals surface area contributed by atoms with E-state index in [0.29, 0.717) is 16.1 Å². The van der Waals surface area contributed by atoms with Crippen LogP contribution in [0.15, 0.2) is 72.9 Å². The summed E-state index contributed by atoms with van der Waals surface area (Å²) in [4.78, 5) is 28.5. The van der Waals surface area contributed by atoms with Crippen molar-refractivity contribution in [1.82, 2.24) is 4.98 Å². The molecular formula is C29H24ClF4N3O5. The molecule has 0 aliphatic carbocycles. The van der Waals surface area contributed by atoms with Gasteiger partial charge in [-0.15, -0.1) is 13.2 Å². The molecule has 220 valence electrons. The number of benzene rings is 3. The van der Waals surface area contributed by atoms with Crippen LogP contribution in [0.2, 0.25) is 5.02 Å². The van der Waals surface area contributed by atoms with Crippen LogP contribution in [0.25, 0.3) is 11.1 Å². The number of hydrogen-bond acceptors (Lipinski definition) is 6. The average Bonchev–Trinajstić information content (AvgIpc) is 2.94. The number of aromatic nitrogens is 1. The number of alkyl halides is 3. The van der Waals surface area contributed by atoms with E-state index in [9.17, 15) is 22.8 Å². The first-order valence-corrected chi connectivity index (χ1v) is 12.6. The van der Waals surface area contributed by atoms with Crippen LogP contribution in [0.3, 0.4) is 0 Å². The number of rotatable bonds is 8. The SMILES string of the molecule is CC.COc1cc(OC(F)(F)F)ccc1Oc1cc(-c2ccc(Cl)cc2)cc(F)c1C(=O)Nc1ccnc(C(N)=O)c1. The lowest BCUT2D eigenvalue weighted by atomic mass is 10.0. The van der Waals surface area contributed by atoms with Crippen LogP contribution < -0.4 is 25.3 Å². The molecule has 4 aromatic rings. The summed E-state index contributed by atoms with van der Waals surface area (Å²) < 4.78 is 68.4. The van der Waals surface area contributed by atoms with E-state index < -0.39 is 35.3 Å². The highest BCUT2D eigenvalue weighted by Crippen LogP contribution is 2.39. The Bertz CT molecular complexity index is 1580. The number of hydrogen-bond donors (Lipinski definition) is 2. The molecule has 3 aromatic carbocycles. The van der Waals surface area contributed by atoms with Gasteiger partial charge < -0.3 is 25.3 Å². The molecule has 0 aliphatic rings. The second kappa shape index (κ2) is 13.7.